The molecule has 0 bridgehead atoms. The smallest absolute Gasteiger partial charge is 0.335 e. The quantitative estimate of drug-likeness (QED) is 0.136. The molecule has 5 aromatic carbocycles. The second-order valence-corrected chi connectivity index (χ2v) is 13.8. The predicted octanol–water partition coefficient (Wildman–Crippen LogP) is 8.77. The lowest BCUT2D eigenvalue weighted by atomic mass is 9.76. The van der Waals surface area contributed by atoms with Gasteiger partial charge in [-0.2, -0.15) is 0 Å². The van der Waals surface area contributed by atoms with E-state index in [9.17, 15) is 14.4 Å². The molecule has 0 radical (unpaired) electrons. The highest BCUT2D eigenvalue weighted by Crippen LogP contribution is 2.50. The van der Waals surface area contributed by atoms with Crippen LogP contribution in [0.25, 0.3) is 6.08 Å². The SMILES string of the molecule is Cc1ccc(COc2ccc(Cl)cc2/C=C2\C(=O)NC(=O)N(c3cc4c5c(c3)[C@@H](c3ccccc3)CCN5CC[C@@H]4c3ccccc3)C2=O)cc1. The van der Waals surface area contributed by atoms with E-state index < -0.39 is 17.8 Å². The number of hydrogen-bond donors (Lipinski definition) is 1. The highest BCUT2D eigenvalue weighted by Gasteiger charge is 2.40. The van der Waals surface area contributed by atoms with Crippen LogP contribution in [0.4, 0.5) is 16.2 Å². The van der Waals surface area contributed by atoms with E-state index in [1.807, 2.05) is 79.7 Å². The lowest BCUT2D eigenvalue weighted by Crippen LogP contribution is -2.54. The number of imide groups is 2. The van der Waals surface area contributed by atoms with Crippen molar-refractivity contribution >= 4 is 46.9 Å². The van der Waals surface area contributed by atoms with Crippen molar-refractivity contribution in [2.24, 2.45) is 0 Å². The van der Waals surface area contributed by atoms with Crippen molar-refractivity contribution in [1.82, 2.24) is 5.32 Å². The molecule has 3 aliphatic rings. The minimum atomic E-state index is -0.785. The number of hydrogen-bond acceptors (Lipinski definition) is 5. The fourth-order valence-corrected chi connectivity index (χ4v) is 7.81. The molecule has 254 valence electrons. The molecule has 3 aliphatic heterocycles. The molecule has 3 heterocycles. The van der Waals surface area contributed by atoms with Crippen LogP contribution in [0.5, 0.6) is 5.75 Å². The fourth-order valence-electron chi connectivity index (χ4n) is 7.63. The molecule has 0 saturated carbocycles. The van der Waals surface area contributed by atoms with Crippen molar-refractivity contribution < 1.29 is 19.1 Å². The van der Waals surface area contributed by atoms with Crippen LogP contribution in [0.2, 0.25) is 5.02 Å². The first-order valence-electron chi connectivity index (χ1n) is 17.3. The van der Waals surface area contributed by atoms with Crippen molar-refractivity contribution in [3.05, 3.63) is 165 Å². The van der Waals surface area contributed by atoms with Crippen molar-refractivity contribution in [3.63, 3.8) is 0 Å². The second-order valence-electron chi connectivity index (χ2n) is 13.4. The largest absolute Gasteiger partial charge is 0.488 e. The normalized spacial score (nSPS) is 19.2. The van der Waals surface area contributed by atoms with E-state index in [1.54, 1.807) is 18.2 Å². The summed E-state index contributed by atoms with van der Waals surface area (Å²) in [6, 6.07) is 37.0. The van der Waals surface area contributed by atoms with Gasteiger partial charge >= 0.3 is 6.03 Å². The number of halogens is 1. The van der Waals surface area contributed by atoms with Crippen molar-refractivity contribution in [2.45, 2.75) is 38.2 Å². The highest BCUT2D eigenvalue weighted by molar-refractivity contribution is 6.39. The van der Waals surface area contributed by atoms with Crippen LogP contribution in [0.1, 0.15) is 63.6 Å². The van der Waals surface area contributed by atoms with Gasteiger partial charge in [0.05, 0.1) is 5.69 Å². The first kappa shape index (κ1) is 32.5. The molecule has 0 spiro atoms. The van der Waals surface area contributed by atoms with Crippen LogP contribution in [-0.2, 0) is 16.2 Å². The molecule has 0 aromatic heterocycles. The van der Waals surface area contributed by atoms with Gasteiger partial charge in [0.1, 0.15) is 17.9 Å². The van der Waals surface area contributed by atoms with Gasteiger partial charge in [-0.3, -0.25) is 14.9 Å². The summed E-state index contributed by atoms with van der Waals surface area (Å²) < 4.78 is 6.15. The Hall–Kier alpha value is -5.66. The number of nitrogens with zero attached hydrogens (tertiary/aromatic N) is 2. The van der Waals surface area contributed by atoms with Crippen molar-refractivity contribution in [1.29, 1.82) is 0 Å². The molecule has 8 heteroatoms. The zero-order valence-corrected chi connectivity index (χ0v) is 28.9. The summed E-state index contributed by atoms with van der Waals surface area (Å²) in [5.41, 5.74) is 8.48. The van der Waals surface area contributed by atoms with Crippen molar-refractivity contribution in [3.8, 4) is 5.75 Å². The minimum Gasteiger partial charge on any atom is -0.488 e. The zero-order valence-electron chi connectivity index (χ0n) is 28.1. The number of carbonyl (C=O) groups is 3. The van der Waals surface area contributed by atoms with E-state index in [4.69, 9.17) is 16.3 Å². The maximum absolute atomic E-state index is 14.4. The van der Waals surface area contributed by atoms with E-state index in [1.165, 1.54) is 22.9 Å². The monoisotopic (exact) mass is 693 g/mol. The van der Waals surface area contributed by atoms with Crippen LogP contribution in [0.3, 0.4) is 0 Å². The number of rotatable bonds is 7. The average molecular weight is 694 g/mol. The van der Waals surface area contributed by atoms with Crippen molar-refractivity contribution in [2.75, 3.05) is 22.9 Å². The van der Waals surface area contributed by atoms with Gasteiger partial charge < -0.3 is 9.64 Å². The number of anilines is 2. The van der Waals surface area contributed by atoms with Crippen LogP contribution in [0, 0.1) is 6.92 Å². The van der Waals surface area contributed by atoms with E-state index in [0.29, 0.717) is 22.0 Å². The van der Waals surface area contributed by atoms with Crippen LogP contribution in [0.15, 0.2) is 121 Å². The van der Waals surface area contributed by atoms with Crippen LogP contribution < -0.4 is 19.9 Å². The molecule has 51 heavy (non-hydrogen) atoms. The Balaban J connectivity index is 1.21. The fraction of sp³-hybridized carbons (Fsp3) is 0.186. The molecule has 7 nitrogen and oxygen atoms in total. The number of aryl methyl sites for hydroxylation is 1. The number of carbonyl (C=O) groups excluding carboxylic acids is 3. The van der Waals surface area contributed by atoms with Gasteiger partial charge in [-0.15, -0.1) is 0 Å². The topological polar surface area (TPSA) is 79.0 Å². The van der Waals surface area contributed by atoms with Gasteiger partial charge in [0.15, 0.2) is 0 Å². The lowest BCUT2D eigenvalue weighted by Gasteiger charge is -2.44. The summed E-state index contributed by atoms with van der Waals surface area (Å²) in [4.78, 5) is 45.0. The Kier molecular flexibility index (Phi) is 8.66. The number of barbiturate groups is 1. The lowest BCUT2D eigenvalue weighted by molar-refractivity contribution is -0.122. The summed E-state index contributed by atoms with van der Waals surface area (Å²) in [7, 11) is 0. The average Bonchev–Trinajstić information content (AvgIpc) is 3.14. The van der Waals surface area contributed by atoms with Gasteiger partial charge in [0, 0.05) is 41.2 Å². The Morgan fingerprint density at radius 2 is 1.39 bits per heavy atom. The zero-order chi connectivity index (χ0) is 35.1. The van der Waals surface area contributed by atoms with E-state index >= 15 is 0 Å². The molecular formula is C43H36ClN3O4. The Labute approximate surface area is 302 Å². The molecule has 0 unspecified atom stereocenters. The van der Waals surface area contributed by atoms with Gasteiger partial charge in [0.2, 0.25) is 0 Å². The summed E-state index contributed by atoms with van der Waals surface area (Å²) in [6.45, 7) is 4.13. The summed E-state index contributed by atoms with van der Waals surface area (Å²) in [5, 5.41) is 2.84. The maximum atomic E-state index is 14.4. The summed E-state index contributed by atoms with van der Waals surface area (Å²) >= 11 is 6.40. The van der Waals surface area contributed by atoms with Crippen LogP contribution >= 0.6 is 11.6 Å². The van der Waals surface area contributed by atoms with Crippen LogP contribution in [-0.4, -0.2) is 30.9 Å². The van der Waals surface area contributed by atoms with Gasteiger partial charge in [-0.1, -0.05) is 102 Å². The first-order valence-corrected chi connectivity index (χ1v) is 17.6. The van der Waals surface area contributed by atoms with E-state index in [2.05, 4.69) is 34.5 Å². The summed E-state index contributed by atoms with van der Waals surface area (Å²) in [5.74, 6) is -0.891. The molecule has 4 amide bonds. The molecule has 8 rings (SSSR count). The third-order valence-electron chi connectivity index (χ3n) is 10.1. The van der Waals surface area contributed by atoms with E-state index in [-0.39, 0.29) is 24.0 Å². The number of ether oxygens (including phenoxy) is 1. The molecule has 2 atom stereocenters. The molecule has 1 fully saturated rings. The number of urea groups is 1. The maximum Gasteiger partial charge on any atom is 0.335 e. The highest BCUT2D eigenvalue weighted by atomic mass is 35.5. The molecule has 1 N–H and O–H groups in total. The molecule has 0 aliphatic carbocycles. The van der Waals surface area contributed by atoms with Gasteiger partial charge in [0.25, 0.3) is 11.8 Å². The van der Waals surface area contributed by atoms with Gasteiger partial charge in [-0.25, -0.2) is 9.69 Å². The second kappa shape index (κ2) is 13.6. The molecular weight excluding hydrogens is 658 g/mol. The Morgan fingerprint density at radius 1 is 0.784 bits per heavy atom. The van der Waals surface area contributed by atoms with Gasteiger partial charge in [-0.05, 0) is 84.0 Å². The predicted molar refractivity (Wildman–Crippen MR) is 200 cm³/mol. The number of benzene rings is 5. The third-order valence-corrected chi connectivity index (χ3v) is 10.4. The first-order chi connectivity index (χ1) is 24.8. The third kappa shape index (κ3) is 6.30. The Bertz CT molecular complexity index is 2110. The number of nitrogens with one attached hydrogen (secondary N) is 1. The Morgan fingerprint density at radius 3 is 2.00 bits per heavy atom. The number of amides is 4. The summed E-state index contributed by atoms with van der Waals surface area (Å²) in [6.07, 6.45) is 3.26. The minimum absolute atomic E-state index is 0.0740. The molecule has 5 aromatic rings. The standard InChI is InChI=1S/C43H36ClN3O4/c1-27-12-14-28(15-13-27)26-51-39-17-16-32(44)22-31(39)23-38-41(48)45-43(50)47(42(38)49)33-24-36-34(29-8-4-2-5-9-29)18-20-46-21-19-35(37(25-33)40(36)46)30-10-6-3-7-11-30/h2-17,22-25,34-35H,18-21,26H2,1H3,(H,45,48,50)/b38-23+/t34-,35-/m1/s1. The van der Waals surface area contributed by atoms with E-state index in [0.717, 1.165) is 53.1 Å². The molecule has 1 saturated heterocycles.